The van der Waals surface area contributed by atoms with Crippen molar-refractivity contribution in [3.8, 4) is 0 Å². The highest BCUT2D eigenvalue weighted by Gasteiger charge is 2.24. The number of ether oxygens (including phenoxy) is 1. The van der Waals surface area contributed by atoms with Crippen molar-refractivity contribution in [1.82, 2.24) is 9.97 Å². The molecule has 25 heavy (non-hydrogen) atoms. The third kappa shape index (κ3) is 3.74. The quantitative estimate of drug-likeness (QED) is 0.627. The van der Waals surface area contributed by atoms with Gasteiger partial charge in [-0.25, -0.2) is 14.4 Å². The largest absolute Gasteiger partial charge is 0.372 e. The average Bonchev–Trinajstić information content (AvgIpc) is 2.80. The van der Waals surface area contributed by atoms with Crippen LogP contribution >= 0.6 is 0 Å². The average molecular weight is 346 g/mol. The van der Waals surface area contributed by atoms with Gasteiger partial charge in [-0.05, 0) is 38.0 Å². The van der Waals surface area contributed by atoms with Gasteiger partial charge in [0.25, 0.3) is 0 Å². The number of aryl methyl sites for hydroxylation is 2. The van der Waals surface area contributed by atoms with E-state index in [9.17, 15) is 14.5 Å². The zero-order chi connectivity index (χ0) is 18.0. The first-order valence-corrected chi connectivity index (χ1v) is 8.07. The van der Waals surface area contributed by atoms with E-state index in [-0.39, 0.29) is 17.6 Å². The number of hydrogen-bond acceptors (Lipinski definition) is 6. The maximum absolute atomic E-state index is 13.1. The van der Waals surface area contributed by atoms with Crippen LogP contribution in [0.4, 0.5) is 16.0 Å². The van der Waals surface area contributed by atoms with E-state index in [0.29, 0.717) is 43.5 Å². The summed E-state index contributed by atoms with van der Waals surface area (Å²) in [7, 11) is 0. The van der Waals surface area contributed by atoms with Crippen molar-refractivity contribution in [2.75, 3.05) is 24.6 Å². The first kappa shape index (κ1) is 17.2. The normalized spacial score (nSPS) is 18.0. The fourth-order valence-electron chi connectivity index (χ4n) is 3.01. The van der Waals surface area contributed by atoms with Crippen molar-refractivity contribution in [3.05, 3.63) is 57.1 Å². The highest BCUT2D eigenvalue weighted by atomic mass is 19.1. The molecule has 0 saturated carbocycles. The summed E-state index contributed by atoms with van der Waals surface area (Å²) in [5, 5.41) is 11.1. The van der Waals surface area contributed by atoms with E-state index in [0.717, 1.165) is 5.56 Å². The Balaban J connectivity index is 1.77. The third-order valence-corrected chi connectivity index (χ3v) is 4.27. The van der Waals surface area contributed by atoms with Gasteiger partial charge in [0.15, 0.2) is 0 Å². The topological polar surface area (TPSA) is 81.4 Å². The highest BCUT2D eigenvalue weighted by molar-refractivity contribution is 5.45. The van der Waals surface area contributed by atoms with E-state index in [2.05, 4.69) is 9.97 Å². The van der Waals surface area contributed by atoms with E-state index in [1.807, 2.05) is 4.90 Å². The molecule has 1 atom stereocenters. The second-order valence-electron chi connectivity index (χ2n) is 5.99. The van der Waals surface area contributed by atoms with Gasteiger partial charge < -0.3 is 9.64 Å². The Hall–Kier alpha value is -2.61. The Labute approximate surface area is 144 Å². The molecule has 1 aliphatic rings. The van der Waals surface area contributed by atoms with E-state index in [1.165, 1.54) is 12.1 Å². The number of anilines is 1. The lowest BCUT2D eigenvalue weighted by Crippen LogP contribution is -2.28. The molecule has 1 fully saturated rings. The fraction of sp³-hybridized carbons (Fsp3) is 0.412. The van der Waals surface area contributed by atoms with Crippen LogP contribution in [0.25, 0.3) is 0 Å². The molecule has 0 spiro atoms. The molecular weight excluding hydrogens is 327 g/mol. The fourth-order valence-corrected chi connectivity index (χ4v) is 3.01. The second-order valence-corrected chi connectivity index (χ2v) is 5.99. The molecule has 0 bridgehead atoms. The summed E-state index contributed by atoms with van der Waals surface area (Å²) >= 11 is 0. The summed E-state index contributed by atoms with van der Waals surface area (Å²) in [6.07, 6.45) is 0.579. The number of rotatable bonds is 3. The van der Waals surface area contributed by atoms with Gasteiger partial charge in [0.1, 0.15) is 17.2 Å². The molecule has 3 rings (SSSR count). The molecule has 7 nitrogen and oxygen atoms in total. The van der Waals surface area contributed by atoms with Gasteiger partial charge in [0.2, 0.25) is 5.95 Å². The maximum Gasteiger partial charge on any atom is 0.311 e. The minimum absolute atomic E-state index is 0.0426. The van der Waals surface area contributed by atoms with Crippen LogP contribution in [0.15, 0.2) is 24.3 Å². The Morgan fingerprint density at radius 1 is 1.20 bits per heavy atom. The maximum atomic E-state index is 13.1. The monoisotopic (exact) mass is 346 g/mol. The molecular formula is C17H19FN4O3. The molecule has 0 radical (unpaired) electrons. The van der Waals surface area contributed by atoms with E-state index in [1.54, 1.807) is 26.0 Å². The summed E-state index contributed by atoms with van der Waals surface area (Å²) in [5.74, 6) is 0.202. The van der Waals surface area contributed by atoms with Gasteiger partial charge in [-0.3, -0.25) is 10.1 Å². The van der Waals surface area contributed by atoms with E-state index < -0.39 is 4.92 Å². The van der Waals surface area contributed by atoms with E-state index >= 15 is 0 Å². The number of aromatic nitrogens is 2. The van der Waals surface area contributed by atoms with Gasteiger partial charge in [-0.2, -0.15) is 0 Å². The Morgan fingerprint density at radius 3 is 2.44 bits per heavy atom. The van der Waals surface area contributed by atoms with Gasteiger partial charge in [-0.15, -0.1) is 0 Å². The summed E-state index contributed by atoms with van der Waals surface area (Å²) in [6, 6.07) is 6.31. The molecule has 132 valence electrons. The number of hydrogen-bond donors (Lipinski definition) is 0. The predicted molar refractivity (Wildman–Crippen MR) is 90.1 cm³/mol. The zero-order valence-corrected chi connectivity index (χ0v) is 14.1. The van der Waals surface area contributed by atoms with Crippen molar-refractivity contribution >= 4 is 11.6 Å². The van der Waals surface area contributed by atoms with Crippen molar-refractivity contribution in [2.24, 2.45) is 0 Å². The number of halogens is 1. The molecule has 1 unspecified atom stereocenters. The molecule has 1 aromatic heterocycles. The SMILES string of the molecule is Cc1nc(N2CCOC(c3ccc(F)cc3)CC2)nc(C)c1[N+](=O)[O-]. The Morgan fingerprint density at radius 2 is 1.84 bits per heavy atom. The molecule has 0 amide bonds. The lowest BCUT2D eigenvalue weighted by molar-refractivity contribution is -0.386. The smallest absolute Gasteiger partial charge is 0.311 e. The summed E-state index contributed by atoms with van der Waals surface area (Å²) in [4.78, 5) is 21.2. The van der Waals surface area contributed by atoms with Crippen LogP contribution in [0.5, 0.6) is 0 Å². The van der Waals surface area contributed by atoms with Crippen LogP contribution in [-0.4, -0.2) is 34.6 Å². The predicted octanol–water partition coefficient (Wildman–Crippen LogP) is 3.11. The van der Waals surface area contributed by atoms with Crippen LogP contribution in [0.2, 0.25) is 0 Å². The summed E-state index contributed by atoms with van der Waals surface area (Å²) < 4.78 is 18.9. The zero-order valence-electron chi connectivity index (χ0n) is 14.1. The minimum atomic E-state index is -0.454. The van der Waals surface area contributed by atoms with Gasteiger partial charge in [-0.1, -0.05) is 12.1 Å². The standard InChI is InChI=1S/C17H19FN4O3/c1-11-16(22(23)24)12(2)20-17(19-11)21-8-7-15(25-10-9-21)13-3-5-14(18)6-4-13/h3-6,15H,7-10H2,1-2H3. The molecule has 2 aromatic rings. The van der Waals surface area contributed by atoms with Crippen LogP contribution in [0, 0.1) is 29.8 Å². The molecule has 0 N–H and O–H groups in total. The van der Waals surface area contributed by atoms with Gasteiger partial charge in [0, 0.05) is 13.1 Å². The third-order valence-electron chi connectivity index (χ3n) is 4.27. The lowest BCUT2D eigenvalue weighted by Gasteiger charge is -2.20. The molecule has 0 aliphatic carbocycles. The van der Waals surface area contributed by atoms with Crippen LogP contribution in [-0.2, 0) is 4.74 Å². The first-order chi connectivity index (χ1) is 12.0. The molecule has 1 saturated heterocycles. The van der Waals surface area contributed by atoms with Crippen LogP contribution < -0.4 is 4.90 Å². The van der Waals surface area contributed by atoms with Crippen LogP contribution in [0.3, 0.4) is 0 Å². The Bertz CT molecular complexity index is 759. The lowest BCUT2D eigenvalue weighted by atomic mass is 10.1. The molecule has 2 heterocycles. The number of benzene rings is 1. The molecule has 8 heteroatoms. The van der Waals surface area contributed by atoms with Gasteiger partial charge in [0.05, 0.1) is 17.6 Å². The summed E-state index contributed by atoms with van der Waals surface area (Å²) in [5.41, 5.74) is 1.60. The molecule has 1 aromatic carbocycles. The van der Waals surface area contributed by atoms with Crippen molar-refractivity contribution in [3.63, 3.8) is 0 Å². The highest BCUT2D eigenvalue weighted by Crippen LogP contribution is 2.27. The van der Waals surface area contributed by atoms with Crippen molar-refractivity contribution in [2.45, 2.75) is 26.4 Å². The number of nitro groups is 1. The number of nitrogens with zero attached hydrogens (tertiary/aromatic N) is 4. The van der Waals surface area contributed by atoms with Crippen molar-refractivity contribution in [1.29, 1.82) is 0 Å². The molecule has 1 aliphatic heterocycles. The van der Waals surface area contributed by atoms with Crippen LogP contribution in [0.1, 0.15) is 29.5 Å². The Kier molecular flexibility index (Phi) is 4.89. The van der Waals surface area contributed by atoms with Gasteiger partial charge >= 0.3 is 5.69 Å². The van der Waals surface area contributed by atoms with Crippen molar-refractivity contribution < 1.29 is 14.1 Å². The second kappa shape index (κ2) is 7.10. The first-order valence-electron chi connectivity index (χ1n) is 8.07. The summed E-state index contributed by atoms with van der Waals surface area (Å²) in [6.45, 7) is 4.95. The van der Waals surface area contributed by atoms with E-state index in [4.69, 9.17) is 4.74 Å². The minimum Gasteiger partial charge on any atom is -0.372 e.